The molecule has 0 saturated heterocycles. The maximum absolute atomic E-state index is 11.3. The van der Waals surface area contributed by atoms with Gasteiger partial charge in [0.2, 0.25) is 11.8 Å². The lowest BCUT2D eigenvalue weighted by atomic mass is 10.4. The minimum absolute atomic E-state index is 0.0544. The Hall–Kier alpha value is -1.67. The fraction of sp³-hybridized carbons (Fsp3) is 0.700. The first-order chi connectivity index (χ1) is 8.76. The second-order valence-corrected chi connectivity index (χ2v) is 3.56. The van der Waals surface area contributed by atoms with E-state index in [0.717, 1.165) is 0 Å². The van der Waals surface area contributed by atoms with Crippen LogP contribution in [0.2, 0.25) is 0 Å². The highest BCUT2D eigenvalue weighted by atomic mass is 16.5. The number of rotatable bonds is 9. The molecule has 1 amide bonds. The smallest absolute Gasteiger partial charge is 0.315 e. The van der Waals surface area contributed by atoms with Crippen LogP contribution in [0.3, 0.4) is 0 Å². The third-order valence-corrected chi connectivity index (χ3v) is 2.08. The average molecular weight is 257 g/mol. The Labute approximate surface area is 105 Å². The van der Waals surface area contributed by atoms with Crippen molar-refractivity contribution < 1.29 is 13.9 Å². The third-order valence-electron chi connectivity index (χ3n) is 2.08. The van der Waals surface area contributed by atoms with Gasteiger partial charge in [0.05, 0.1) is 6.61 Å². The van der Waals surface area contributed by atoms with Crippen molar-refractivity contribution in [3.05, 3.63) is 5.89 Å². The number of amides is 1. The van der Waals surface area contributed by atoms with Crippen LogP contribution in [-0.4, -0.2) is 49.5 Å². The largest absolute Gasteiger partial charge is 0.408 e. The van der Waals surface area contributed by atoms with Gasteiger partial charge in [-0.15, -0.1) is 5.10 Å². The Morgan fingerprint density at radius 1 is 1.44 bits per heavy atom. The van der Waals surface area contributed by atoms with E-state index >= 15 is 0 Å². The van der Waals surface area contributed by atoms with Crippen LogP contribution in [0.5, 0.6) is 0 Å². The molecule has 0 aromatic carbocycles. The SMILES string of the molecule is COCCNC(=O)CCNc1nnc(CCN)o1. The molecule has 0 spiro atoms. The van der Waals surface area contributed by atoms with Gasteiger partial charge in [-0.2, -0.15) is 0 Å². The van der Waals surface area contributed by atoms with Crippen LogP contribution in [0.1, 0.15) is 12.3 Å². The lowest BCUT2D eigenvalue weighted by Crippen LogP contribution is -2.28. The molecule has 4 N–H and O–H groups in total. The van der Waals surface area contributed by atoms with Crippen LogP contribution in [-0.2, 0) is 16.0 Å². The molecule has 0 aliphatic rings. The number of nitrogens with zero attached hydrogens (tertiary/aromatic N) is 2. The fourth-order valence-corrected chi connectivity index (χ4v) is 1.21. The zero-order valence-electron chi connectivity index (χ0n) is 10.4. The summed E-state index contributed by atoms with van der Waals surface area (Å²) >= 11 is 0. The number of methoxy groups -OCH3 is 1. The topological polar surface area (TPSA) is 115 Å². The molecular weight excluding hydrogens is 238 g/mol. The normalized spacial score (nSPS) is 10.3. The van der Waals surface area contributed by atoms with E-state index in [2.05, 4.69) is 20.8 Å². The van der Waals surface area contributed by atoms with E-state index in [1.165, 1.54) is 0 Å². The first-order valence-electron chi connectivity index (χ1n) is 5.78. The number of hydrogen-bond acceptors (Lipinski definition) is 7. The van der Waals surface area contributed by atoms with Crippen LogP contribution in [0.4, 0.5) is 6.01 Å². The van der Waals surface area contributed by atoms with Gasteiger partial charge < -0.3 is 25.5 Å². The lowest BCUT2D eigenvalue weighted by Gasteiger charge is -2.04. The standard InChI is InChI=1S/C10H19N5O3/c1-17-7-6-12-8(16)3-5-13-10-15-14-9(18-10)2-4-11/h2-7,11H2,1H3,(H,12,16)(H,13,15). The summed E-state index contributed by atoms with van der Waals surface area (Å²) in [6, 6.07) is 0.308. The number of aromatic nitrogens is 2. The van der Waals surface area contributed by atoms with Crippen molar-refractivity contribution in [1.82, 2.24) is 15.5 Å². The molecule has 1 aromatic rings. The summed E-state index contributed by atoms with van der Waals surface area (Å²) in [5.74, 6) is 0.436. The molecule has 8 nitrogen and oxygen atoms in total. The van der Waals surface area contributed by atoms with E-state index in [-0.39, 0.29) is 5.91 Å². The molecule has 0 fully saturated rings. The number of carbonyl (C=O) groups excluding carboxylic acids is 1. The predicted octanol–water partition coefficient (Wildman–Crippen LogP) is -0.865. The summed E-state index contributed by atoms with van der Waals surface area (Å²) in [5, 5.41) is 13.1. The Bertz CT molecular complexity index is 355. The maximum Gasteiger partial charge on any atom is 0.315 e. The maximum atomic E-state index is 11.3. The zero-order chi connectivity index (χ0) is 13.2. The molecule has 0 radical (unpaired) electrons. The van der Waals surface area contributed by atoms with E-state index < -0.39 is 0 Å². The molecule has 0 bridgehead atoms. The van der Waals surface area contributed by atoms with Crippen molar-refractivity contribution in [2.75, 3.05) is 38.7 Å². The number of carbonyl (C=O) groups is 1. The van der Waals surface area contributed by atoms with Gasteiger partial charge in [-0.05, 0) is 0 Å². The highest BCUT2D eigenvalue weighted by Gasteiger charge is 2.05. The molecule has 1 aromatic heterocycles. The quantitative estimate of drug-likeness (QED) is 0.493. The summed E-state index contributed by atoms with van der Waals surface area (Å²) in [6.07, 6.45) is 0.879. The Morgan fingerprint density at radius 3 is 3.00 bits per heavy atom. The monoisotopic (exact) mass is 257 g/mol. The molecule has 0 atom stereocenters. The van der Waals surface area contributed by atoms with Crippen LogP contribution >= 0.6 is 0 Å². The van der Waals surface area contributed by atoms with Gasteiger partial charge in [-0.1, -0.05) is 5.10 Å². The van der Waals surface area contributed by atoms with Gasteiger partial charge in [0, 0.05) is 39.6 Å². The van der Waals surface area contributed by atoms with Crippen molar-refractivity contribution in [1.29, 1.82) is 0 Å². The van der Waals surface area contributed by atoms with E-state index in [1.807, 2.05) is 0 Å². The number of anilines is 1. The summed E-state index contributed by atoms with van der Waals surface area (Å²) in [4.78, 5) is 11.3. The van der Waals surface area contributed by atoms with E-state index in [4.69, 9.17) is 14.9 Å². The lowest BCUT2D eigenvalue weighted by molar-refractivity contribution is -0.121. The molecular formula is C10H19N5O3. The number of nitrogens with one attached hydrogen (secondary N) is 2. The van der Waals surface area contributed by atoms with Gasteiger partial charge in [-0.3, -0.25) is 4.79 Å². The second kappa shape index (κ2) is 8.43. The van der Waals surface area contributed by atoms with Gasteiger partial charge in [0.1, 0.15) is 0 Å². The molecule has 8 heteroatoms. The van der Waals surface area contributed by atoms with Gasteiger partial charge in [0.25, 0.3) is 0 Å². The van der Waals surface area contributed by atoms with Crippen LogP contribution in [0, 0.1) is 0 Å². The van der Waals surface area contributed by atoms with Gasteiger partial charge >= 0.3 is 6.01 Å². The summed E-state index contributed by atoms with van der Waals surface area (Å²) < 4.78 is 10.1. The first kappa shape index (κ1) is 14.4. The Balaban J connectivity index is 2.14. The predicted molar refractivity (Wildman–Crippen MR) is 65.0 cm³/mol. The first-order valence-corrected chi connectivity index (χ1v) is 5.78. The van der Waals surface area contributed by atoms with Gasteiger partial charge in [-0.25, -0.2) is 0 Å². The highest BCUT2D eigenvalue weighted by molar-refractivity contribution is 5.76. The summed E-state index contributed by atoms with van der Waals surface area (Å²) in [6.45, 7) is 1.91. The fourth-order valence-electron chi connectivity index (χ4n) is 1.21. The minimum Gasteiger partial charge on any atom is -0.408 e. The van der Waals surface area contributed by atoms with Crippen LogP contribution < -0.4 is 16.4 Å². The average Bonchev–Trinajstić information content (AvgIpc) is 2.78. The minimum atomic E-state index is -0.0544. The van der Waals surface area contributed by atoms with Gasteiger partial charge in [0.15, 0.2) is 0 Å². The van der Waals surface area contributed by atoms with E-state index in [0.29, 0.717) is 51.0 Å². The molecule has 0 aliphatic carbocycles. The summed E-state index contributed by atoms with van der Waals surface area (Å²) in [5.41, 5.74) is 5.36. The number of nitrogens with two attached hydrogens (primary N) is 1. The van der Waals surface area contributed by atoms with E-state index in [1.54, 1.807) is 7.11 Å². The number of ether oxygens (including phenoxy) is 1. The molecule has 0 saturated carbocycles. The molecule has 1 rings (SSSR count). The molecule has 18 heavy (non-hydrogen) atoms. The van der Waals surface area contributed by atoms with E-state index in [9.17, 15) is 4.79 Å². The second-order valence-electron chi connectivity index (χ2n) is 3.56. The van der Waals surface area contributed by atoms with Crippen molar-refractivity contribution in [2.45, 2.75) is 12.8 Å². The Morgan fingerprint density at radius 2 is 2.28 bits per heavy atom. The Kier molecular flexibility index (Phi) is 6.74. The van der Waals surface area contributed by atoms with Crippen molar-refractivity contribution >= 4 is 11.9 Å². The molecule has 102 valence electrons. The van der Waals surface area contributed by atoms with Crippen LogP contribution in [0.15, 0.2) is 4.42 Å². The molecule has 0 unspecified atom stereocenters. The summed E-state index contributed by atoms with van der Waals surface area (Å²) in [7, 11) is 1.59. The van der Waals surface area contributed by atoms with Crippen molar-refractivity contribution in [2.24, 2.45) is 5.73 Å². The molecule has 0 aliphatic heterocycles. The zero-order valence-corrected chi connectivity index (χ0v) is 10.4. The molecule has 1 heterocycles. The highest BCUT2D eigenvalue weighted by Crippen LogP contribution is 2.04. The van der Waals surface area contributed by atoms with Crippen LogP contribution in [0.25, 0.3) is 0 Å². The third kappa shape index (κ3) is 5.60. The van der Waals surface area contributed by atoms with Crippen molar-refractivity contribution in [3.63, 3.8) is 0 Å². The van der Waals surface area contributed by atoms with Crippen molar-refractivity contribution in [3.8, 4) is 0 Å². The number of hydrogen-bond donors (Lipinski definition) is 3.